The van der Waals surface area contributed by atoms with Gasteiger partial charge in [0.25, 0.3) is 0 Å². The molecule has 2 aliphatic rings. The number of thioether (sulfide) groups is 1. The molecule has 0 spiro atoms. The lowest BCUT2D eigenvalue weighted by Gasteiger charge is -2.21. The minimum atomic E-state index is 0.759. The van der Waals surface area contributed by atoms with Crippen molar-refractivity contribution in [2.75, 3.05) is 0 Å². The molecule has 0 unspecified atom stereocenters. The smallest absolute Gasteiger partial charge is 0.0545 e. The van der Waals surface area contributed by atoms with Crippen molar-refractivity contribution in [3.8, 4) is 0 Å². The number of nitrogens with one attached hydrogen (secondary N) is 1. The topological polar surface area (TPSA) is 12.0 Å². The highest BCUT2D eigenvalue weighted by Crippen LogP contribution is 2.37. The van der Waals surface area contributed by atoms with Crippen molar-refractivity contribution >= 4 is 23.4 Å². The van der Waals surface area contributed by atoms with Crippen LogP contribution in [0.2, 0.25) is 5.02 Å². The SMILES string of the molecule is Clc1cc(CNC2CC2)ccc1SC1CCCCC1. The fraction of sp³-hybridized carbons (Fsp3) is 0.625. The Morgan fingerprint density at radius 1 is 1.11 bits per heavy atom. The molecule has 0 amide bonds. The van der Waals surface area contributed by atoms with Gasteiger partial charge >= 0.3 is 0 Å². The zero-order valence-electron chi connectivity index (χ0n) is 11.3. The van der Waals surface area contributed by atoms with Crippen molar-refractivity contribution in [3.05, 3.63) is 28.8 Å². The maximum atomic E-state index is 6.43. The third-order valence-corrected chi connectivity index (χ3v) is 5.85. The molecule has 0 aliphatic heterocycles. The second-order valence-corrected chi connectivity index (χ2v) is 7.55. The van der Waals surface area contributed by atoms with Crippen LogP contribution in [0.3, 0.4) is 0 Å². The van der Waals surface area contributed by atoms with Gasteiger partial charge in [0.2, 0.25) is 0 Å². The van der Waals surface area contributed by atoms with Crippen LogP contribution in [0.4, 0.5) is 0 Å². The Bertz CT molecular complexity index is 425. The van der Waals surface area contributed by atoms with E-state index in [1.165, 1.54) is 55.4 Å². The van der Waals surface area contributed by atoms with E-state index in [1.807, 2.05) is 11.8 Å². The second kappa shape index (κ2) is 6.51. The summed E-state index contributed by atoms with van der Waals surface area (Å²) in [6.45, 7) is 0.957. The van der Waals surface area contributed by atoms with Gasteiger partial charge in [0, 0.05) is 22.7 Å². The van der Waals surface area contributed by atoms with Gasteiger partial charge in [-0.2, -0.15) is 0 Å². The zero-order valence-corrected chi connectivity index (χ0v) is 12.9. The van der Waals surface area contributed by atoms with Crippen LogP contribution in [0.25, 0.3) is 0 Å². The van der Waals surface area contributed by atoms with Gasteiger partial charge < -0.3 is 5.32 Å². The maximum Gasteiger partial charge on any atom is 0.0545 e. The Hall–Kier alpha value is -0.180. The largest absolute Gasteiger partial charge is 0.310 e. The summed E-state index contributed by atoms with van der Waals surface area (Å²) in [6.07, 6.45) is 9.57. The van der Waals surface area contributed by atoms with Gasteiger partial charge in [-0.15, -0.1) is 11.8 Å². The van der Waals surface area contributed by atoms with Gasteiger partial charge in [-0.05, 0) is 43.4 Å². The number of hydrogen-bond donors (Lipinski definition) is 1. The Balaban J connectivity index is 1.58. The highest BCUT2D eigenvalue weighted by atomic mass is 35.5. The highest BCUT2D eigenvalue weighted by molar-refractivity contribution is 8.00. The van der Waals surface area contributed by atoms with Crippen LogP contribution in [0.1, 0.15) is 50.5 Å². The third-order valence-electron chi connectivity index (χ3n) is 4.01. The minimum Gasteiger partial charge on any atom is -0.310 e. The molecule has 1 aromatic carbocycles. The van der Waals surface area contributed by atoms with Gasteiger partial charge in [-0.25, -0.2) is 0 Å². The molecule has 0 radical (unpaired) electrons. The van der Waals surface area contributed by atoms with E-state index in [2.05, 4.69) is 23.5 Å². The quantitative estimate of drug-likeness (QED) is 0.819. The van der Waals surface area contributed by atoms with Crippen LogP contribution in [0.5, 0.6) is 0 Å². The summed E-state index contributed by atoms with van der Waals surface area (Å²) in [7, 11) is 0. The zero-order chi connectivity index (χ0) is 13.1. The summed E-state index contributed by atoms with van der Waals surface area (Å²) < 4.78 is 0. The summed E-state index contributed by atoms with van der Waals surface area (Å²) in [5, 5.41) is 5.25. The Kier molecular flexibility index (Phi) is 4.73. The van der Waals surface area contributed by atoms with E-state index < -0.39 is 0 Å². The molecule has 0 saturated heterocycles. The molecule has 104 valence electrons. The van der Waals surface area contributed by atoms with Crippen LogP contribution in [0.15, 0.2) is 23.1 Å². The van der Waals surface area contributed by atoms with Gasteiger partial charge in [0.05, 0.1) is 5.02 Å². The lowest BCUT2D eigenvalue weighted by molar-refractivity contribution is 0.516. The summed E-state index contributed by atoms with van der Waals surface area (Å²) in [5.74, 6) is 0. The molecule has 2 fully saturated rings. The lowest BCUT2D eigenvalue weighted by Crippen LogP contribution is -2.15. The van der Waals surface area contributed by atoms with Gasteiger partial charge in [0.15, 0.2) is 0 Å². The molecule has 1 aromatic rings. The standard InChI is InChI=1S/C16H22ClNS/c17-15-10-12(11-18-13-7-8-13)6-9-16(15)19-14-4-2-1-3-5-14/h6,9-10,13-14,18H,1-5,7-8,11H2. The summed E-state index contributed by atoms with van der Waals surface area (Å²) in [5.41, 5.74) is 1.31. The summed E-state index contributed by atoms with van der Waals surface area (Å²) in [4.78, 5) is 1.27. The van der Waals surface area contributed by atoms with Crippen LogP contribution >= 0.6 is 23.4 Å². The first-order valence-corrected chi connectivity index (χ1v) is 8.75. The molecule has 0 heterocycles. The molecule has 2 aliphatic carbocycles. The van der Waals surface area contributed by atoms with Crippen molar-refractivity contribution in [1.29, 1.82) is 0 Å². The first-order chi connectivity index (χ1) is 9.31. The van der Waals surface area contributed by atoms with E-state index in [0.29, 0.717) is 0 Å². The van der Waals surface area contributed by atoms with Crippen LogP contribution in [-0.2, 0) is 6.54 Å². The number of halogens is 1. The van der Waals surface area contributed by atoms with E-state index in [9.17, 15) is 0 Å². The van der Waals surface area contributed by atoms with Gasteiger partial charge in [0.1, 0.15) is 0 Å². The predicted octanol–water partition coefficient (Wildman–Crippen LogP) is 5.02. The van der Waals surface area contributed by atoms with Crippen molar-refractivity contribution in [2.24, 2.45) is 0 Å². The van der Waals surface area contributed by atoms with Gasteiger partial charge in [-0.3, -0.25) is 0 Å². The van der Waals surface area contributed by atoms with E-state index >= 15 is 0 Å². The van der Waals surface area contributed by atoms with Gasteiger partial charge in [-0.1, -0.05) is 36.9 Å². The fourth-order valence-electron chi connectivity index (χ4n) is 2.66. The highest BCUT2D eigenvalue weighted by Gasteiger charge is 2.20. The molecular formula is C16H22ClNS. The fourth-order valence-corrected chi connectivity index (χ4v) is 4.25. The average Bonchev–Trinajstić information content (AvgIpc) is 3.25. The van der Waals surface area contributed by atoms with Crippen molar-refractivity contribution in [2.45, 2.75) is 67.7 Å². The molecular weight excluding hydrogens is 274 g/mol. The number of hydrogen-bond acceptors (Lipinski definition) is 2. The molecule has 1 N–H and O–H groups in total. The lowest BCUT2D eigenvalue weighted by atomic mass is 10.0. The van der Waals surface area contributed by atoms with E-state index in [0.717, 1.165) is 22.9 Å². The van der Waals surface area contributed by atoms with Crippen LogP contribution < -0.4 is 5.32 Å². The molecule has 2 saturated carbocycles. The normalized spacial score (nSPS) is 20.7. The summed E-state index contributed by atoms with van der Waals surface area (Å²) in [6, 6.07) is 7.34. The molecule has 0 bridgehead atoms. The van der Waals surface area contributed by atoms with Crippen LogP contribution in [-0.4, -0.2) is 11.3 Å². The number of benzene rings is 1. The Morgan fingerprint density at radius 3 is 2.58 bits per heavy atom. The van der Waals surface area contributed by atoms with Crippen molar-refractivity contribution < 1.29 is 0 Å². The van der Waals surface area contributed by atoms with Crippen molar-refractivity contribution in [3.63, 3.8) is 0 Å². The Morgan fingerprint density at radius 2 is 1.89 bits per heavy atom. The number of rotatable bonds is 5. The summed E-state index contributed by atoms with van der Waals surface area (Å²) >= 11 is 8.42. The molecule has 0 atom stereocenters. The molecule has 3 heteroatoms. The van der Waals surface area contributed by atoms with Crippen LogP contribution in [0, 0.1) is 0 Å². The molecule has 0 aromatic heterocycles. The molecule has 19 heavy (non-hydrogen) atoms. The van der Waals surface area contributed by atoms with Crippen molar-refractivity contribution in [1.82, 2.24) is 5.32 Å². The Labute approximate surface area is 125 Å². The molecule has 3 rings (SSSR count). The maximum absolute atomic E-state index is 6.43. The monoisotopic (exact) mass is 295 g/mol. The molecule has 1 nitrogen and oxygen atoms in total. The average molecular weight is 296 g/mol. The van der Waals surface area contributed by atoms with E-state index in [1.54, 1.807) is 0 Å². The predicted molar refractivity (Wildman–Crippen MR) is 84.0 cm³/mol. The van der Waals surface area contributed by atoms with E-state index in [4.69, 9.17) is 11.6 Å². The second-order valence-electron chi connectivity index (χ2n) is 5.80. The first-order valence-electron chi connectivity index (χ1n) is 7.50. The minimum absolute atomic E-state index is 0.759. The first kappa shape index (κ1) is 13.8. The third kappa shape index (κ3) is 4.14. The van der Waals surface area contributed by atoms with E-state index in [-0.39, 0.29) is 0 Å².